The van der Waals surface area contributed by atoms with Crippen molar-refractivity contribution in [3.8, 4) is 6.07 Å². The van der Waals surface area contributed by atoms with Crippen LogP contribution in [0.4, 0.5) is 0 Å². The van der Waals surface area contributed by atoms with Gasteiger partial charge in [0, 0.05) is 12.6 Å². The number of nitrogens with zero attached hydrogens (tertiary/aromatic N) is 2. The molecule has 2 rings (SSSR count). The minimum Gasteiger partial charge on any atom is -0.299 e. The van der Waals surface area contributed by atoms with Crippen LogP contribution < -0.4 is 4.72 Å². The molecule has 0 aromatic heterocycles. The lowest BCUT2D eigenvalue weighted by Gasteiger charge is -2.34. The van der Waals surface area contributed by atoms with Crippen molar-refractivity contribution in [3.05, 3.63) is 29.8 Å². The molecule has 5 nitrogen and oxygen atoms in total. The topological polar surface area (TPSA) is 73.2 Å². The Labute approximate surface area is 133 Å². The number of piperidine rings is 1. The monoisotopic (exact) mass is 321 g/mol. The van der Waals surface area contributed by atoms with Gasteiger partial charge >= 0.3 is 0 Å². The summed E-state index contributed by atoms with van der Waals surface area (Å²) in [6.45, 7) is 6.77. The van der Waals surface area contributed by atoms with Crippen molar-refractivity contribution in [2.24, 2.45) is 5.92 Å². The molecule has 0 bridgehead atoms. The van der Waals surface area contributed by atoms with E-state index in [1.165, 1.54) is 37.1 Å². The van der Waals surface area contributed by atoms with Gasteiger partial charge in [-0.2, -0.15) is 5.26 Å². The standard InChI is InChI=1S/C16H23N3O2S/c1-13-7-9-19(10-8-13)14(2)12-18-22(20,21)16-5-3-15(11-17)4-6-16/h3-6,13-14,18H,7-10,12H2,1-2H3. The van der Waals surface area contributed by atoms with Crippen LogP contribution in [0.3, 0.4) is 0 Å². The van der Waals surface area contributed by atoms with Gasteiger partial charge in [0.1, 0.15) is 0 Å². The maximum absolute atomic E-state index is 12.3. The molecule has 1 saturated heterocycles. The third kappa shape index (κ3) is 4.29. The van der Waals surface area contributed by atoms with Crippen LogP contribution in [-0.4, -0.2) is 39.0 Å². The van der Waals surface area contributed by atoms with Crippen LogP contribution in [-0.2, 0) is 10.0 Å². The first-order chi connectivity index (χ1) is 10.4. The zero-order chi connectivity index (χ0) is 16.2. The summed E-state index contributed by atoms with van der Waals surface area (Å²) in [4.78, 5) is 2.53. The number of nitriles is 1. The summed E-state index contributed by atoms with van der Waals surface area (Å²) in [6, 6.07) is 8.13. The Morgan fingerprint density at radius 2 is 1.91 bits per heavy atom. The molecule has 0 amide bonds. The molecule has 22 heavy (non-hydrogen) atoms. The first kappa shape index (κ1) is 16.9. The predicted molar refractivity (Wildman–Crippen MR) is 85.8 cm³/mol. The highest BCUT2D eigenvalue weighted by Gasteiger charge is 2.22. The van der Waals surface area contributed by atoms with Crippen molar-refractivity contribution in [3.63, 3.8) is 0 Å². The van der Waals surface area contributed by atoms with Crippen molar-refractivity contribution in [1.82, 2.24) is 9.62 Å². The zero-order valence-electron chi connectivity index (χ0n) is 13.1. The quantitative estimate of drug-likeness (QED) is 0.900. The molecule has 120 valence electrons. The highest BCUT2D eigenvalue weighted by Crippen LogP contribution is 2.18. The molecule has 1 aromatic rings. The van der Waals surface area contributed by atoms with Crippen molar-refractivity contribution < 1.29 is 8.42 Å². The van der Waals surface area contributed by atoms with E-state index in [2.05, 4.69) is 23.5 Å². The van der Waals surface area contributed by atoms with Crippen LogP contribution in [0.25, 0.3) is 0 Å². The number of hydrogen-bond donors (Lipinski definition) is 1. The number of nitrogens with one attached hydrogen (secondary N) is 1. The average molecular weight is 321 g/mol. The Hall–Kier alpha value is -1.42. The summed E-state index contributed by atoms with van der Waals surface area (Å²) in [5.41, 5.74) is 0.453. The van der Waals surface area contributed by atoms with E-state index < -0.39 is 10.0 Å². The maximum Gasteiger partial charge on any atom is 0.240 e. The second-order valence-electron chi connectivity index (χ2n) is 6.06. The van der Waals surface area contributed by atoms with Gasteiger partial charge in [0.25, 0.3) is 0 Å². The highest BCUT2D eigenvalue weighted by molar-refractivity contribution is 7.89. The predicted octanol–water partition coefficient (Wildman–Crippen LogP) is 1.96. The first-order valence-corrected chi connectivity index (χ1v) is 9.14. The Balaban J connectivity index is 1.93. The molecule has 1 aliphatic rings. The number of sulfonamides is 1. The summed E-state index contributed by atoms with van der Waals surface area (Å²) < 4.78 is 27.2. The zero-order valence-corrected chi connectivity index (χ0v) is 13.9. The second-order valence-corrected chi connectivity index (χ2v) is 7.82. The molecule has 0 saturated carbocycles. The molecule has 1 fully saturated rings. The van der Waals surface area contributed by atoms with Crippen LogP contribution >= 0.6 is 0 Å². The minimum absolute atomic E-state index is 0.181. The molecular formula is C16H23N3O2S. The number of hydrogen-bond acceptors (Lipinski definition) is 4. The summed E-state index contributed by atoms with van der Waals surface area (Å²) >= 11 is 0. The largest absolute Gasteiger partial charge is 0.299 e. The van der Waals surface area contributed by atoms with Crippen LogP contribution in [0, 0.1) is 17.2 Å². The molecule has 1 aromatic carbocycles. The summed E-state index contributed by atoms with van der Waals surface area (Å²) in [7, 11) is -3.52. The van der Waals surface area contributed by atoms with E-state index >= 15 is 0 Å². The molecule has 0 aliphatic carbocycles. The van der Waals surface area contributed by atoms with Crippen LogP contribution in [0.5, 0.6) is 0 Å². The van der Waals surface area contributed by atoms with E-state index in [1.54, 1.807) is 0 Å². The fraction of sp³-hybridized carbons (Fsp3) is 0.562. The molecule has 1 heterocycles. The fourth-order valence-corrected chi connectivity index (χ4v) is 3.74. The van der Waals surface area contributed by atoms with Gasteiger partial charge in [-0.3, -0.25) is 4.90 Å². The Morgan fingerprint density at radius 1 is 1.32 bits per heavy atom. The lowest BCUT2D eigenvalue weighted by Crippen LogP contribution is -2.45. The van der Waals surface area contributed by atoms with E-state index in [0.717, 1.165) is 19.0 Å². The Morgan fingerprint density at radius 3 is 2.45 bits per heavy atom. The van der Waals surface area contributed by atoms with E-state index in [4.69, 9.17) is 5.26 Å². The molecule has 1 N–H and O–H groups in total. The number of rotatable bonds is 5. The van der Waals surface area contributed by atoms with E-state index in [1.807, 2.05) is 6.07 Å². The van der Waals surface area contributed by atoms with Gasteiger partial charge in [0.15, 0.2) is 0 Å². The van der Waals surface area contributed by atoms with Gasteiger partial charge in [0.05, 0.1) is 16.5 Å². The van der Waals surface area contributed by atoms with Gasteiger partial charge in [-0.1, -0.05) is 6.92 Å². The molecule has 0 radical (unpaired) electrons. The maximum atomic E-state index is 12.3. The Kier molecular flexibility index (Phi) is 5.57. The third-order valence-electron chi connectivity index (χ3n) is 4.30. The molecule has 6 heteroatoms. The highest BCUT2D eigenvalue weighted by atomic mass is 32.2. The molecular weight excluding hydrogens is 298 g/mol. The summed E-state index contributed by atoms with van der Waals surface area (Å²) in [5, 5.41) is 8.75. The van der Waals surface area contributed by atoms with E-state index in [-0.39, 0.29) is 10.9 Å². The van der Waals surface area contributed by atoms with Crippen molar-refractivity contribution in [2.45, 2.75) is 37.6 Å². The summed E-state index contributed by atoms with van der Waals surface area (Å²) in [6.07, 6.45) is 2.35. The molecule has 0 spiro atoms. The normalized spacial score (nSPS) is 18.8. The number of likely N-dealkylation sites (tertiary alicyclic amines) is 1. The van der Waals surface area contributed by atoms with Crippen molar-refractivity contribution in [2.75, 3.05) is 19.6 Å². The molecule has 1 unspecified atom stereocenters. The van der Waals surface area contributed by atoms with E-state index in [0.29, 0.717) is 12.1 Å². The average Bonchev–Trinajstić information content (AvgIpc) is 2.53. The fourth-order valence-electron chi connectivity index (χ4n) is 2.62. The lowest BCUT2D eigenvalue weighted by atomic mass is 9.98. The van der Waals surface area contributed by atoms with Gasteiger partial charge in [-0.05, 0) is 63.0 Å². The van der Waals surface area contributed by atoms with Gasteiger partial charge in [-0.15, -0.1) is 0 Å². The molecule has 1 atom stereocenters. The SMILES string of the molecule is CC1CCN(C(C)CNS(=O)(=O)c2ccc(C#N)cc2)CC1. The van der Waals surface area contributed by atoms with Gasteiger partial charge in [0.2, 0.25) is 10.0 Å². The van der Waals surface area contributed by atoms with Crippen LogP contribution in [0.2, 0.25) is 0 Å². The summed E-state index contributed by atoms with van der Waals surface area (Å²) in [5.74, 6) is 0.763. The Bertz CT molecular complexity index is 626. The van der Waals surface area contributed by atoms with Crippen LogP contribution in [0.1, 0.15) is 32.3 Å². The van der Waals surface area contributed by atoms with E-state index in [9.17, 15) is 8.42 Å². The first-order valence-electron chi connectivity index (χ1n) is 7.66. The minimum atomic E-state index is -3.52. The smallest absolute Gasteiger partial charge is 0.240 e. The van der Waals surface area contributed by atoms with Crippen LogP contribution in [0.15, 0.2) is 29.2 Å². The van der Waals surface area contributed by atoms with Crippen molar-refractivity contribution in [1.29, 1.82) is 5.26 Å². The third-order valence-corrected chi connectivity index (χ3v) is 5.74. The van der Waals surface area contributed by atoms with Gasteiger partial charge in [-0.25, -0.2) is 13.1 Å². The lowest BCUT2D eigenvalue weighted by molar-refractivity contribution is 0.148. The number of benzene rings is 1. The molecule has 1 aliphatic heterocycles. The van der Waals surface area contributed by atoms with Crippen molar-refractivity contribution >= 4 is 10.0 Å². The van der Waals surface area contributed by atoms with Gasteiger partial charge < -0.3 is 0 Å². The second kappa shape index (κ2) is 7.23.